The topological polar surface area (TPSA) is 111 Å². The standard InChI is InChI=1S/C21H30F3N3O4S/c1-13(2)11-16(26-18(28)15(25)9-10-32-21(22,23)24)19(29)27-17(20(30)31-3)12-14-7-5-4-6-8-14/h4-8,13,15-17H,9-12,25H2,1-3H3,(H,26,28)(H,27,29)/t15?,16-,17-/m0/s1. The first-order chi connectivity index (χ1) is 14.9. The van der Waals surface area contributed by atoms with Gasteiger partial charge < -0.3 is 21.1 Å². The van der Waals surface area contributed by atoms with Crippen molar-refractivity contribution in [3.63, 3.8) is 0 Å². The number of carbonyl (C=O) groups is 3. The molecule has 0 spiro atoms. The molecule has 0 saturated heterocycles. The first kappa shape index (κ1) is 27.8. The molecule has 0 bridgehead atoms. The van der Waals surface area contributed by atoms with Gasteiger partial charge in [0, 0.05) is 12.2 Å². The summed E-state index contributed by atoms with van der Waals surface area (Å²) in [4.78, 5) is 37.4. The molecule has 0 fully saturated rings. The first-order valence-electron chi connectivity index (χ1n) is 10.1. The fourth-order valence-electron chi connectivity index (χ4n) is 2.87. The zero-order chi connectivity index (χ0) is 24.3. The second-order valence-electron chi connectivity index (χ2n) is 7.65. The normalized spacial score (nSPS) is 14.4. The number of carbonyl (C=O) groups excluding carboxylic acids is 3. The van der Waals surface area contributed by atoms with Gasteiger partial charge in [-0.3, -0.25) is 9.59 Å². The summed E-state index contributed by atoms with van der Waals surface area (Å²) in [5.74, 6) is -2.34. The number of thioether (sulfide) groups is 1. The van der Waals surface area contributed by atoms with Gasteiger partial charge in [-0.1, -0.05) is 55.9 Å². The van der Waals surface area contributed by atoms with E-state index in [2.05, 4.69) is 10.6 Å². The van der Waals surface area contributed by atoms with E-state index in [9.17, 15) is 27.6 Å². The van der Waals surface area contributed by atoms with Gasteiger partial charge in [0.25, 0.3) is 0 Å². The Morgan fingerprint density at radius 3 is 2.19 bits per heavy atom. The van der Waals surface area contributed by atoms with Crippen molar-refractivity contribution in [3.8, 4) is 0 Å². The minimum Gasteiger partial charge on any atom is -0.467 e. The number of alkyl halides is 3. The van der Waals surface area contributed by atoms with Crippen LogP contribution in [0.2, 0.25) is 0 Å². The maximum atomic E-state index is 12.9. The quantitative estimate of drug-likeness (QED) is 0.399. The Bertz CT molecular complexity index is 748. The summed E-state index contributed by atoms with van der Waals surface area (Å²) in [6.07, 6.45) is 0.238. The van der Waals surface area contributed by atoms with E-state index < -0.39 is 41.4 Å². The van der Waals surface area contributed by atoms with Crippen LogP contribution in [0.15, 0.2) is 30.3 Å². The minimum atomic E-state index is -4.40. The molecule has 4 N–H and O–H groups in total. The second kappa shape index (κ2) is 13.3. The largest absolute Gasteiger partial charge is 0.467 e. The Morgan fingerprint density at radius 1 is 1.06 bits per heavy atom. The summed E-state index contributed by atoms with van der Waals surface area (Å²) in [6, 6.07) is 5.83. The minimum absolute atomic E-state index is 0.00811. The molecule has 32 heavy (non-hydrogen) atoms. The van der Waals surface area contributed by atoms with Crippen molar-refractivity contribution >= 4 is 29.5 Å². The van der Waals surface area contributed by atoms with Gasteiger partial charge in [0.2, 0.25) is 11.8 Å². The van der Waals surface area contributed by atoms with Crippen LogP contribution >= 0.6 is 11.8 Å². The highest BCUT2D eigenvalue weighted by atomic mass is 32.2. The molecule has 0 saturated carbocycles. The molecule has 180 valence electrons. The smallest absolute Gasteiger partial charge is 0.441 e. The second-order valence-corrected chi connectivity index (χ2v) is 8.81. The van der Waals surface area contributed by atoms with Gasteiger partial charge in [-0.05, 0) is 24.3 Å². The fraction of sp³-hybridized carbons (Fsp3) is 0.571. The molecule has 1 unspecified atom stereocenters. The number of hydrogen-bond acceptors (Lipinski definition) is 6. The lowest BCUT2D eigenvalue weighted by molar-refractivity contribution is -0.145. The average molecular weight is 478 g/mol. The molecule has 2 amide bonds. The molecule has 1 aromatic carbocycles. The van der Waals surface area contributed by atoms with Gasteiger partial charge in [0.05, 0.1) is 13.2 Å². The Labute approximate surface area is 190 Å². The van der Waals surface area contributed by atoms with E-state index in [1.807, 2.05) is 19.9 Å². The van der Waals surface area contributed by atoms with Crippen LogP contribution in [0.4, 0.5) is 13.2 Å². The predicted octanol–water partition coefficient (Wildman–Crippen LogP) is 2.39. The predicted molar refractivity (Wildman–Crippen MR) is 117 cm³/mol. The lowest BCUT2D eigenvalue weighted by Gasteiger charge is -2.24. The lowest BCUT2D eigenvalue weighted by atomic mass is 10.0. The van der Waals surface area contributed by atoms with E-state index in [0.29, 0.717) is 0 Å². The third-order valence-electron chi connectivity index (χ3n) is 4.46. The number of esters is 1. The van der Waals surface area contributed by atoms with Crippen LogP contribution in [0.1, 0.15) is 32.3 Å². The Morgan fingerprint density at radius 2 is 1.66 bits per heavy atom. The van der Waals surface area contributed by atoms with Crippen LogP contribution in [-0.4, -0.2) is 54.3 Å². The number of rotatable bonds is 12. The Hall–Kier alpha value is -2.27. The zero-order valence-corrected chi connectivity index (χ0v) is 19.1. The maximum absolute atomic E-state index is 12.9. The molecule has 0 radical (unpaired) electrons. The molecule has 0 heterocycles. The van der Waals surface area contributed by atoms with Gasteiger partial charge in [0.15, 0.2) is 0 Å². The molecular weight excluding hydrogens is 447 g/mol. The van der Waals surface area contributed by atoms with E-state index in [-0.39, 0.29) is 42.7 Å². The number of halogens is 3. The Balaban J connectivity index is 2.81. The summed E-state index contributed by atoms with van der Waals surface area (Å²) in [6.45, 7) is 3.68. The zero-order valence-electron chi connectivity index (χ0n) is 18.3. The third-order valence-corrected chi connectivity index (χ3v) is 5.22. The van der Waals surface area contributed by atoms with Gasteiger partial charge >= 0.3 is 11.5 Å². The van der Waals surface area contributed by atoms with Crippen molar-refractivity contribution in [1.29, 1.82) is 0 Å². The fourth-order valence-corrected chi connectivity index (χ4v) is 3.48. The number of ether oxygens (including phenoxy) is 1. The van der Waals surface area contributed by atoms with Crippen molar-refractivity contribution in [2.24, 2.45) is 11.7 Å². The maximum Gasteiger partial charge on any atom is 0.441 e. The van der Waals surface area contributed by atoms with E-state index in [1.165, 1.54) is 7.11 Å². The van der Waals surface area contributed by atoms with E-state index in [1.54, 1.807) is 24.3 Å². The van der Waals surface area contributed by atoms with E-state index in [0.717, 1.165) is 5.56 Å². The van der Waals surface area contributed by atoms with E-state index in [4.69, 9.17) is 10.5 Å². The van der Waals surface area contributed by atoms with Crippen molar-refractivity contribution in [1.82, 2.24) is 10.6 Å². The van der Waals surface area contributed by atoms with Crippen molar-refractivity contribution < 1.29 is 32.3 Å². The molecule has 1 rings (SSSR count). The summed E-state index contributed by atoms with van der Waals surface area (Å²) in [5, 5.41) is 5.11. The van der Waals surface area contributed by atoms with Gasteiger partial charge in [0.1, 0.15) is 12.1 Å². The Kier molecular flexibility index (Phi) is 11.6. The SMILES string of the molecule is COC(=O)[C@H](Cc1ccccc1)NC(=O)[C@H](CC(C)C)NC(=O)C(N)CCSC(F)(F)F. The number of nitrogens with one attached hydrogen (secondary N) is 2. The summed E-state index contributed by atoms with van der Waals surface area (Å²) >= 11 is -0.261. The first-order valence-corrected chi connectivity index (χ1v) is 11.1. The molecule has 3 atom stereocenters. The summed E-state index contributed by atoms with van der Waals surface area (Å²) in [5.41, 5.74) is 2.10. The monoisotopic (exact) mass is 477 g/mol. The number of hydrogen-bond donors (Lipinski definition) is 3. The number of amides is 2. The van der Waals surface area contributed by atoms with Gasteiger partial charge in [-0.25, -0.2) is 4.79 Å². The molecule has 0 aliphatic heterocycles. The van der Waals surface area contributed by atoms with Crippen LogP contribution in [0.25, 0.3) is 0 Å². The van der Waals surface area contributed by atoms with Crippen LogP contribution < -0.4 is 16.4 Å². The number of benzene rings is 1. The summed E-state index contributed by atoms with van der Waals surface area (Å²) in [7, 11) is 1.21. The number of nitrogens with two attached hydrogens (primary N) is 1. The molecule has 11 heteroatoms. The van der Waals surface area contributed by atoms with E-state index >= 15 is 0 Å². The highest BCUT2D eigenvalue weighted by Crippen LogP contribution is 2.30. The van der Waals surface area contributed by atoms with Crippen LogP contribution in [0, 0.1) is 5.92 Å². The molecule has 1 aromatic rings. The van der Waals surface area contributed by atoms with Crippen LogP contribution in [0.5, 0.6) is 0 Å². The molecule has 0 aliphatic rings. The van der Waals surface area contributed by atoms with Gasteiger partial charge in [-0.2, -0.15) is 13.2 Å². The molecule has 0 aromatic heterocycles. The molecule has 0 aliphatic carbocycles. The highest BCUT2D eigenvalue weighted by Gasteiger charge is 2.31. The van der Waals surface area contributed by atoms with Crippen molar-refractivity contribution in [2.45, 2.75) is 56.7 Å². The molecule has 7 nitrogen and oxygen atoms in total. The highest BCUT2D eigenvalue weighted by molar-refractivity contribution is 8.00. The van der Waals surface area contributed by atoms with Gasteiger partial charge in [-0.15, -0.1) is 0 Å². The summed E-state index contributed by atoms with van der Waals surface area (Å²) < 4.78 is 41.6. The van der Waals surface area contributed by atoms with Crippen LogP contribution in [0.3, 0.4) is 0 Å². The third kappa shape index (κ3) is 10.9. The molecular formula is C21H30F3N3O4S. The van der Waals surface area contributed by atoms with Crippen molar-refractivity contribution in [2.75, 3.05) is 12.9 Å². The lowest BCUT2D eigenvalue weighted by Crippen LogP contribution is -2.55. The van der Waals surface area contributed by atoms with Crippen LogP contribution in [-0.2, 0) is 25.5 Å². The number of methoxy groups -OCH3 is 1. The van der Waals surface area contributed by atoms with Crippen molar-refractivity contribution in [3.05, 3.63) is 35.9 Å². The average Bonchev–Trinajstić information content (AvgIpc) is 2.71.